The largest absolute Gasteiger partial charge is 0.382 e. The third-order valence-corrected chi connectivity index (χ3v) is 8.28. The lowest BCUT2D eigenvalue weighted by molar-refractivity contribution is -0.134. The number of carbonyl (C=O) groups is 3. The van der Waals surface area contributed by atoms with Crippen LogP contribution in [0.3, 0.4) is 0 Å². The molecule has 3 N–H and O–H groups in total. The van der Waals surface area contributed by atoms with Crippen molar-refractivity contribution in [3.8, 4) is 11.9 Å². The number of nitrogens with one attached hydrogen (secondary N) is 3. The Morgan fingerprint density at radius 2 is 1.89 bits per heavy atom. The van der Waals surface area contributed by atoms with Gasteiger partial charge in [-0.1, -0.05) is 6.07 Å². The van der Waals surface area contributed by atoms with E-state index < -0.39 is 0 Å². The summed E-state index contributed by atoms with van der Waals surface area (Å²) < 4.78 is 1.84. The molecular formula is C33H35N9O3. The van der Waals surface area contributed by atoms with Crippen LogP contribution in [0.4, 0.5) is 5.69 Å². The Balaban J connectivity index is 1.07. The first-order valence-corrected chi connectivity index (χ1v) is 15.2. The molecule has 3 amide bonds. The van der Waals surface area contributed by atoms with Gasteiger partial charge in [-0.3, -0.25) is 34.2 Å². The number of hydrogen-bond acceptors (Lipinski definition) is 9. The summed E-state index contributed by atoms with van der Waals surface area (Å²) in [6.45, 7) is 6.36. The minimum atomic E-state index is -0.337. The van der Waals surface area contributed by atoms with Crippen LogP contribution in [0.2, 0.25) is 0 Å². The van der Waals surface area contributed by atoms with Gasteiger partial charge in [-0.25, -0.2) is 9.97 Å². The topological polar surface area (TPSA) is 158 Å². The van der Waals surface area contributed by atoms with Gasteiger partial charge < -0.3 is 10.6 Å². The molecule has 4 aromatic rings. The predicted octanol–water partition coefficient (Wildman–Crippen LogP) is 3.42. The molecular weight excluding hydrogens is 570 g/mol. The maximum Gasteiger partial charge on any atom is 0.255 e. The Labute approximate surface area is 260 Å². The average molecular weight is 606 g/mol. The van der Waals surface area contributed by atoms with E-state index in [0.717, 1.165) is 42.6 Å². The van der Waals surface area contributed by atoms with E-state index in [4.69, 9.17) is 0 Å². The minimum absolute atomic E-state index is 0.0371. The molecule has 0 bridgehead atoms. The first-order chi connectivity index (χ1) is 21.8. The van der Waals surface area contributed by atoms with Gasteiger partial charge in [0.1, 0.15) is 17.5 Å². The van der Waals surface area contributed by atoms with E-state index in [1.165, 1.54) is 6.20 Å². The second-order valence-corrected chi connectivity index (χ2v) is 11.9. The SMILES string of the molecule is CC(C)Nc1cc(-n2ccc3cc(C#N)cnc32)ncc1C(=O)NC1CCN(Cc2ccc(C3CCC(=O)NC3=O)cn2)CC1. The Morgan fingerprint density at radius 3 is 2.60 bits per heavy atom. The number of aromatic nitrogens is 4. The first kappa shape index (κ1) is 29.9. The molecule has 1 unspecified atom stereocenters. The Hall–Kier alpha value is -5.15. The van der Waals surface area contributed by atoms with E-state index >= 15 is 0 Å². The highest BCUT2D eigenvalue weighted by Crippen LogP contribution is 2.26. The summed E-state index contributed by atoms with van der Waals surface area (Å²) in [7, 11) is 0. The fourth-order valence-corrected chi connectivity index (χ4v) is 5.93. The van der Waals surface area contributed by atoms with Crippen molar-refractivity contribution >= 4 is 34.4 Å². The van der Waals surface area contributed by atoms with Crippen LogP contribution in [0.5, 0.6) is 0 Å². The number of anilines is 1. The molecule has 2 aliphatic heterocycles. The molecule has 0 aromatic carbocycles. The molecule has 2 aliphatic rings. The summed E-state index contributed by atoms with van der Waals surface area (Å²) in [6, 6.07) is 11.7. The molecule has 1 atom stereocenters. The second-order valence-electron chi connectivity index (χ2n) is 11.9. The summed E-state index contributed by atoms with van der Waals surface area (Å²) in [6.07, 6.45) is 9.21. The van der Waals surface area contributed by atoms with E-state index in [9.17, 15) is 19.6 Å². The van der Waals surface area contributed by atoms with Gasteiger partial charge in [-0.05, 0) is 56.9 Å². The van der Waals surface area contributed by atoms with Crippen LogP contribution < -0.4 is 16.0 Å². The number of pyridine rings is 3. The molecule has 4 aromatic heterocycles. The van der Waals surface area contributed by atoms with E-state index in [2.05, 4.69) is 41.9 Å². The standard InChI is InChI=1S/C33H35N9O3/c1-20(2)38-28-14-29(42-12-7-22-13-21(15-34)16-37-31(22)42)36-18-27(28)33(45)39-24-8-10-41(11-9-24)19-25-4-3-23(17-35-25)26-5-6-30(43)40-32(26)44/h3-4,7,12-14,16-18,20,24,26H,5-6,8-11,19H2,1-2H3,(H,36,38)(H,39,45)(H,40,43,44). The van der Waals surface area contributed by atoms with Crippen molar-refractivity contribution in [1.82, 2.24) is 35.1 Å². The number of nitriles is 1. The van der Waals surface area contributed by atoms with Crippen molar-refractivity contribution in [2.45, 2.75) is 64.1 Å². The van der Waals surface area contributed by atoms with Crippen LogP contribution in [0.25, 0.3) is 16.9 Å². The van der Waals surface area contributed by atoms with Crippen LogP contribution in [0.1, 0.15) is 72.6 Å². The number of amides is 3. The van der Waals surface area contributed by atoms with Crippen molar-refractivity contribution in [2.75, 3.05) is 18.4 Å². The molecule has 0 spiro atoms. The van der Waals surface area contributed by atoms with Gasteiger partial charge in [0.2, 0.25) is 11.8 Å². The number of nitrogens with zero attached hydrogens (tertiary/aromatic N) is 6. The predicted molar refractivity (Wildman–Crippen MR) is 167 cm³/mol. The molecule has 12 heteroatoms. The molecule has 0 aliphatic carbocycles. The van der Waals surface area contributed by atoms with Crippen LogP contribution >= 0.6 is 0 Å². The molecule has 6 heterocycles. The fraction of sp³-hybridized carbons (Fsp3) is 0.364. The Bertz CT molecular complexity index is 1780. The lowest BCUT2D eigenvalue weighted by Crippen LogP contribution is -2.44. The second kappa shape index (κ2) is 12.8. The van der Waals surface area contributed by atoms with Gasteiger partial charge in [0.15, 0.2) is 0 Å². The number of fused-ring (bicyclic) bond motifs is 1. The number of carbonyl (C=O) groups excluding carboxylic acids is 3. The normalized spacial score (nSPS) is 17.7. The maximum absolute atomic E-state index is 13.5. The summed E-state index contributed by atoms with van der Waals surface area (Å²) >= 11 is 0. The minimum Gasteiger partial charge on any atom is -0.382 e. The third-order valence-electron chi connectivity index (χ3n) is 8.28. The number of rotatable bonds is 8. The third kappa shape index (κ3) is 6.68. The summed E-state index contributed by atoms with van der Waals surface area (Å²) in [4.78, 5) is 53.0. The van der Waals surface area contributed by atoms with Crippen molar-refractivity contribution in [3.63, 3.8) is 0 Å². The Kier molecular flexibility index (Phi) is 8.53. The average Bonchev–Trinajstić information content (AvgIpc) is 3.45. The van der Waals surface area contributed by atoms with Crippen LogP contribution in [-0.2, 0) is 16.1 Å². The monoisotopic (exact) mass is 605 g/mol. The lowest BCUT2D eigenvalue weighted by Gasteiger charge is -2.32. The van der Waals surface area contributed by atoms with E-state index in [0.29, 0.717) is 47.7 Å². The summed E-state index contributed by atoms with van der Waals surface area (Å²) in [5, 5.41) is 19.0. The Morgan fingerprint density at radius 1 is 1.07 bits per heavy atom. The maximum atomic E-state index is 13.5. The zero-order chi connectivity index (χ0) is 31.5. The van der Waals surface area contributed by atoms with Gasteiger partial charge in [0.05, 0.1) is 28.4 Å². The molecule has 0 radical (unpaired) electrons. The number of piperidine rings is 2. The summed E-state index contributed by atoms with van der Waals surface area (Å²) in [5.41, 5.74) is 4.08. The highest BCUT2D eigenvalue weighted by molar-refractivity contribution is 6.01. The van der Waals surface area contributed by atoms with Gasteiger partial charge in [-0.2, -0.15) is 5.26 Å². The van der Waals surface area contributed by atoms with Crippen molar-refractivity contribution in [3.05, 3.63) is 77.5 Å². The van der Waals surface area contributed by atoms with Crippen LogP contribution in [-0.4, -0.2) is 67.3 Å². The zero-order valence-corrected chi connectivity index (χ0v) is 25.3. The quantitative estimate of drug-likeness (QED) is 0.256. The van der Waals surface area contributed by atoms with Crippen molar-refractivity contribution in [2.24, 2.45) is 0 Å². The molecule has 2 saturated heterocycles. The molecule has 6 rings (SSSR count). The number of imide groups is 1. The molecule has 2 fully saturated rings. The fourth-order valence-electron chi connectivity index (χ4n) is 5.93. The van der Waals surface area contributed by atoms with Gasteiger partial charge in [0.25, 0.3) is 5.91 Å². The smallest absolute Gasteiger partial charge is 0.255 e. The molecule has 12 nitrogen and oxygen atoms in total. The molecule has 230 valence electrons. The molecule has 0 saturated carbocycles. The number of likely N-dealkylation sites (tertiary alicyclic amines) is 1. The lowest BCUT2D eigenvalue weighted by atomic mass is 9.91. The van der Waals surface area contributed by atoms with Crippen molar-refractivity contribution in [1.29, 1.82) is 5.26 Å². The highest BCUT2D eigenvalue weighted by atomic mass is 16.2. The van der Waals surface area contributed by atoms with E-state index in [1.54, 1.807) is 18.5 Å². The summed E-state index contributed by atoms with van der Waals surface area (Å²) in [5.74, 6) is -0.369. The van der Waals surface area contributed by atoms with E-state index in [1.807, 2.05) is 48.9 Å². The van der Waals surface area contributed by atoms with Gasteiger partial charge in [-0.15, -0.1) is 0 Å². The first-order valence-electron chi connectivity index (χ1n) is 15.2. The highest BCUT2D eigenvalue weighted by Gasteiger charge is 2.28. The van der Waals surface area contributed by atoms with Crippen LogP contribution in [0, 0.1) is 11.3 Å². The zero-order valence-electron chi connectivity index (χ0n) is 25.3. The van der Waals surface area contributed by atoms with Gasteiger partial charge in [0, 0.05) is 74.4 Å². The molecule has 45 heavy (non-hydrogen) atoms. The van der Waals surface area contributed by atoms with Crippen LogP contribution in [0.15, 0.2) is 55.1 Å². The van der Waals surface area contributed by atoms with Gasteiger partial charge >= 0.3 is 0 Å². The van der Waals surface area contributed by atoms with E-state index in [-0.39, 0.29) is 35.7 Å². The van der Waals surface area contributed by atoms with Crippen molar-refractivity contribution < 1.29 is 14.4 Å². The number of hydrogen-bond donors (Lipinski definition) is 3.